The molecule has 1 aromatic rings. The molecule has 0 aromatic heterocycles. The lowest BCUT2D eigenvalue weighted by molar-refractivity contribution is -0.136. The van der Waals surface area contributed by atoms with Crippen molar-refractivity contribution in [2.45, 2.75) is 20.3 Å². The van der Waals surface area contributed by atoms with Crippen LogP contribution in [-0.2, 0) is 9.53 Å². The first-order valence-electron chi connectivity index (χ1n) is 5.54. The average Bonchev–Trinajstić information content (AvgIpc) is 2.70. The lowest BCUT2D eigenvalue weighted by Crippen LogP contribution is -2.06. The predicted molar refractivity (Wildman–Crippen MR) is 67.8 cm³/mol. The summed E-state index contributed by atoms with van der Waals surface area (Å²) >= 11 is 0. The summed E-state index contributed by atoms with van der Waals surface area (Å²) in [6, 6.07) is 7.98. The summed E-state index contributed by atoms with van der Waals surface area (Å²) in [6.07, 6.45) is 0.579. The van der Waals surface area contributed by atoms with Crippen molar-refractivity contribution in [2.24, 2.45) is 4.99 Å². The van der Waals surface area contributed by atoms with Gasteiger partial charge in [0.05, 0.1) is 18.4 Å². The molecular weight excluding hydrogens is 214 g/mol. The van der Waals surface area contributed by atoms with Crippen molar-refractivity contribution < 1.29 is 9.53 Å². The van der Waals surface area contributed by atoms with Crippen LogP contribution in [0.5, 0.6) is 0 Å². The molecular formula is C14H15NO2. The fourth-order valence-corrected chi connectivity index (χ4v) is 1.96. The van der Waals surface area contributed by atoms with Crippen molar-refractivity contribution in [1.29, 1.82) is 0 Å². The fraction of sp³-hybridized carbons (Fsp3) is 0.286. The zero-order valence-electron chi connectivity index (χ0n) is 10.3. The minimum Gasteiger partial charge on any atom is -0.466 e. The van der Waals surface area contributed by atoms with E-state index in [0.717, 1.165) is 22.5 Å². The first-order valence-corrected chi connectivity index (χ1v) is 5.54. The van der Waals surface area contributed by atoms with Gasteiger partial charge in [0.2, 0.25) is 0 Å². The highest BCUT2D eigenvalue weighted by Gasteiger charge is 2.23. The molecule has 0 unspecified atom stereocenters. The molecule has 1 aliphatic rings. The highest BCUT2D eigenvalue weighted by molar-refractivity contribution is 6.09. The van der Waals surface area contributed by atoms with Gasteiger partial charge in [0.25, 0.3) is 0 Å². The first kappa shape index (κ1) is 11.6. The molecule has 0 amide bonds. The number of rotatable bonds is 2. The van der Waals surface area contributed by atoms with Gasteiger partial charge in [0.1, 0.15) is 0 Å². The van der Waals surface area contributed by atoms with Crippen molar-refractivity contribution in [2.75, 3.05) is 7.11 Å². The monoisotopic (exact) mass is 229 g/mol. The van der Waals surface area contributed by atoms with E-state index in [4.69, 9.17) is 4.74 Å². The topological polar surface area (TPSA) is 38.7 Å². The zero-order chi connectivity index (χ0) is 12.4. The molecule has 17 heavy (non-hydrogen) atoms. The lowest BCUT2D eigenvalue weighted by atomic mass is 10.0. The summed E-state index contributed by atoms with van der Waals surface area (Å²) in [6.45, 7) is 3.94. The van der Waals surface area contributed by atoms with Crippen LogP contribution in [0.1, 0.15) is 24.5 Å². The van der Waals surface area contributed by atoms with Gasteiger partial charge in [-0.2, -0.15) is 0 Å². The average molecular weight is 229 g/mol. The number of hydrogen-bond acceptors (Lipinski definition) is 3. The van der Waals surface area contributed by atoms with E-state index >= 15 is 0 Å². The van der Waals surface area contributed by atoms with E-state index in [9.17, 15) is 4.79 Å². The van der Waals surface area contributed by atoms with Crippen LogP contribution < -0.4 is 0 Å². The molecule has 0 bridgehead atoms. The molecule has 3 heteroatoms. The van der Waals surface area contributed by atoms with E-state index in [2.05, 4.69) is 4.99 Å². The summed E-state index contributed by atoms with van der Waals surface area (Å²) in [4.78, 5) is 16.1. The Hall–Kier alpha value is -1.90. The molecule has 1 aromatic carbocycles. The third-order valence-corrected chi connectivity index (χ3v) is 2.74. The van der Waals surface area contributed by atoms with Crippen LogP contribution in [0.2, 0.25) is 0 Å². The second kappa shape index (κ2) is 4.53. The molecule has 0 N–H and O–H groups in total. The Morgan fingerprint density at radius 3 is 2.76 bits per heavy atom. The van der Waals surface area contributed by atoms with Crippen LogP contribution in [-0.4, -0.2) is 18.8 Å². The van der Waals surface area contributed by atoms with Crippen LogP contribution in [0.4, 0.5) is 0 Å². The third kappa shape index (κ3) is 2.28. The number of ether oxygens (including phenoxy) is 1. The molecule has 3 nitrogen and oxygen atoms in total. The lowest BCUT2D eigenvalue weighted by Gasteiger charge is -2.05. The number of methoxy groups -OCH3 is 1. The van der Waals surface area contributed by atoms with Crippen LogP contribution in [0.25, 0.3) is 5.70 Å². The van der Waals surface area contributed by atoms with Crippen LogP contribution in [0.3, 0.4) is 0 Å². The number of esters is 1. The van der Waals surface area contributed by atoms with Gasteiger partial charge in [-0.1, -0.05) is 23.8 Å². The van der Waals surface area contributed by atoms with Gasteiger partial charge in [0.15, 0.2) is 0 Å². The van der Waals surface area contributed by atoms with Gasteiger partial charge in [-0.15, -0.1) is 0 Å². The number of carbonyl (C=O) groups excluding carboxylic acids is 1. The Kier molecular flexibility index (Phi) is 3.09. The van der Waals surface area contributed by atoms with Gasteiger partial charge in [-0.05, 0) is 19.9 Å². The predicted octanol–water partition coefficient (Wildman–Crippen LogP) is 2.74. The fourth-order valence-electron chi connectivity index (χ4n) is 1.96. The van der Waals surface area contributed by atoms with Crippen molar-refractivity contribution in [3.05, 3.63) is 41.0 Å². The number of nitrogens with zero attached hydrogens (tertiary/aromatic N) is 1. The van der Waals surface area contributed by atoms with Crippen molar-refractivity contribution in [3.63, 3.8) is 0 Å². The minimum atomic E-state index is -0.290. The molecule has 0 atom stereocenters. The molecule has 88 valence electrons. The molecule has 0 saturated heterocycles. The quantitative estimate of drug-likeness (QED) is 0.731. The molecule has 0 radical (unpaired) electrons. The van der Waals surface area contributed by atoms with Gasteiger partial charge in [0, 0.05) is 17.7 Å². The normalized spacial score (nSPS) is 14.9. The maximum atomic E-state index is 11.7. The number of carbonyl (C=O) groups is 1. The van der Waals surface area contributed by atoms with Crippen molar-refractivity contribution in [3.8, 4) is 0 Å². The second-order valence-electron chi connectivity index (χ2n) is 4.21. The third-order valence-electron chi connectivity index (χ3n) is 2.74. The Balaban J connectivity index is 2.49. The number of benzene rings is 1. The Morgan fingerprint density at radius 2 is 2.12 bits per heavy atom. The SMILES string of the molecule is COC(=O)C1=C(c2cccc(C)c2)N=C(C)C1. The van der Waals surface area contributed by atoms with E-state index in [1.807, 2.05) is 38.1 Å². The molecule has 2 rings (SSSR count). The van der Waals surface area contributed by atoms with Gasteiger partial charge < -0.3 is 4.74 Å². The van der Waals surface area contributed by atoms with Crippen LogP contribution in [0, 0.1) is 6.92 Å². The van der Waals surface area contributed by atoms with Crippen molar-refractivity contribution >= 4 is 17.4 Å². The summed E-state index contributed by atoms with van der Waals surface area (Å²) in [5, 5.41) is 0. The Labute approximate surface area is 101 Å². The number of aryl methyl sites for hydroxylation is 1. The standard InChI is InChI=1S/C14H15NO2/c1-9-5-4-6-11(7-9)13-12(14(16)17-3)8-10(2)15-13/h4-7H,8H2,1-3H3. The molecule has 0 saturated carbocycles. The Bertz CT molecular complexity index is 527. The molecule has 0 fully saturated rings. The largest absolute Gasteiger partial charge is 0.466 e. The van der Waals surface area contributed by atoms with E-state index in [-0.39, 0.29) is 5.97 Å². The minimum absolute atomic E-state index is 0.290. The molecule has 0 spiro atoms. The number of aliphatic imine (C=N–C) groups is 1. The first-order chi connectivity index (χ1) is 8.11. The maximum absolute atomic E-state index is 11.7. The summed E-state index contributed by atoms with van der Waals surface area (Å²) < 4.78 is 4.79. The molecule has 0 aliphatic carbocycles. The van der Waals surface area contributed by atoms with Gasteiger partial charge in [-0.25, -0.2) is 4.79 Å². The summed E-state index contributed by atoms with van der Waals surface area (Å²) in [7, 11) is 1.40. The van der Waals surface area contributed by atoms with E-state index in [0.29, 0.717) is 12.0 Å². The highest BCUT2D eigenvalue weighted by Crippen LogP contribution is 2.29. The van der Waals surface area contributed by atoms with E-state index < -0.39 is 0 Å². The van der Waals surface area contributed by atoms with Crippen LogP contribution in [0.15, 0.2) is 34.8 Å². The maximum Gasteiger partial charge on any atom is 0.336 e. The van der Waals surface area contributed by atoms with Crippen molar-refractivity contribution in [1.82, 2.24) is 0 Å². The van der Waals surface area contributed by atoms with E-state index in [1.54, 1.807) is 0 Å². The van der Waals surface area contributed by atoms with Gasteiger partial charge >= 0.3 is 5.97 Å². The zero-order valence-corrected chi connectivity index (χ0v) is 10.3. The highest BCUT2D eigenvalue weighted by atomic mass is 16.5. The summed E-state index contributed by atoms with van der Waals surface area (Å²) in [5.74, 6) is -0.290. The number of hydrogen-bond donors (Lipinski definition) is 0. The van der Waals surface area contributed by atoms with Gasteiger partial charge in [-0.3, -0.25) is 4.99 Å². The van der Waals surface area contributed by atoms with E-state index in [1.165, 1.54) is 7.11 Å². The Morgan fingerprint density at radius 1 is 1.35 bits per heavy atom. The van der Waals surface area contributed by atoms with Crippen LogP contribution >= 0.6 is 0 Å². The summed E-state index contributed by atoms with van der Waals surface area (Å²) in [5.41, 5.74) is 4.47. The molecule has 1 heterocycles. The molecule has 1 aliphatic heterocycles. The smallest absolute Gasteiger partial charge is 0.336 e. The second-order valence-corrected chi connectivity index (χ2v) is 4.21.